The number of carbonyl (C=O) groups excluding carboxylic acids is 1. The van der Waals surface area contributed by atoms with Gasteiger partial charge in [-0.15, -0.1) is 11.3 Å². The summed E-state index contributed by atoms with van der Waals surface area (Å²) < 4.78 is 1.16. The van der Waals surface area contributed by atoms with Gasteiger partial charge in [-0.3, -0.25) is 9.69 Å². The Morgan fingerprint density at radius 2 is 1.95 bits per heavy atom. The van der Waals surface area contributed by atoms with Crippen LogP contribution in [0.3, 0.4) is 0 Å². The third-order valence-electron chi connectivity index (χ3n) is 3.68. The molecule has 1 saturated heterocycles. The number of nitrogens with zero attached hydrogens (tertiary/aromatic N) is 2. The summed E-state index contributed by atoms with van der Waals surface area (Å²) in [7, 11) is 0. The molecule has 0 unspecified atom stereocenters. The molecule has 6 heteroatoms. The van der Waals surface area contributed by atoms with Gasteiger partial charge >= 0.3 is 0 Å². The molecule has 1 aromatic heterocycles. The highest BCUT2D eigenvalue weighted by Gasteiger charge is 2.23. The molecule has 2 N–H and O–H groups in total. The van der Waals surface area contributed by atoms with Crippen LogP contribution in [0, 0.1) is 0 Å². The normalized spacial score (nSPS) is 16.3. The molecule has 0 saturated carbocycles. The zero-order chi connectivity index (χ0) is 14.8. The van der Waals surface area contributed by atoms with Crippen molar-refractivity contribution < 1.29 is 4.79 Å². The number of rotatable bonds is 3. The quantitative estimate of drug-likeness (QED) is 0.879. The SMILES string of the molecule is NC(=S)CN1CCN(C(=O)c2cc3ccccc3s2)CC1. The molecule has 1 aliphatic rings. The number of amides is 1. The molecule has 1 aromatic carbocycles. The van der Waals surface area contributed by atoms with Gasteiger partial charge in [0.2, 0.25) is 0 Å². The number of thiophene rings is 1. The van der Waals surface area contributed by atoms with Gasteiger partial charge < -0.3 is 10.6 Å². The lowest BCUT2D eigenvalue weighted by atomic mass is 10.2. The summed E-state index contributed by atoms with van der Waals surface area (Å²) in [6.07, 6.45) is 0. The van der Waals surface area contributed by atoms with Crippen molar-refractivity contribution in [1.29, 1.82) is 0 Å². The number of thiocarbonyl (C=S) groups is 1. The molecular formula is C15H17N3OS2. The second kappa shape index (κ2) is 6.09. The van der Waals surface area contributed by atoms with Crippen molar-refractivity contribution >= 4 is 44.5 Å². The maximum atomic E-state index is 12.6. The number of piperazine rings is 1. The van der Waals surface area contributed by atoms with Crippen molar-refractivity contribution in [1.82, 2.24) is 9.80 Å². The number of benzene rings is 1. The van der Waals surface area contributed by atoms with Crippen LogP contribution in [-0.2, 0) is 0 Å². The molecule has 0 bridgehead atoms. The number of hydrogen-bond acceptors (Lipinski definition) is 4. The fraction of sp³-hybridized carbons (Fsp3) is 0.333. The Kier molecular flexibility index (Phi) is 4.19. The van der Waals surface area contributed by atoms with Gasteiger partial charge in [0.15, 0.2) is 0 Å². The molecule has 1 fully saturated rings. The zero-order valence-corrected chi connectivity index (χ0v) is 13.3. The molecule has 3 rings (SSSR count). The number of hydrogen-bond donors (Lipinski definition) is 1. The molecule has 0 aliphatic carbocycles. The van der Waals surface area contributed by atoms with Gasteiger partial charge in [0, 0.05) is 37.4 Å². The first-order chi connectivity index (χ1) is 10.1. The Morgan fingerprint density at radius 3 is 2.62 bits per heavy atom. The Balaban J connectivity index is 1.67. The van der Waals surface area contributed by atoms with Crippen LogP contribution in [0.4, 0.5) is 0 Å². The fourth-order valence-electron chi connectivity index (χ4n) is 2.57. The molecular weight excluding hydrogens is 302 g/mol. The number of nitrogens with two attached hydrogens (primary N) is 1. The largest absolute Gasteiger partial charge is 0.392 e. The number of carbonyl (C=O) groups is 1. The molecule has 110 valence electrons. The van der Waals surface area contributed by atoms with E-state index in [-0.39, 0.29) is 5.91 Å². The van der Waals surface area contributed by atoms with Crippen molar-refractivity contribution in [2.75, 3.05) is 32.7 Å². The molecule has 1 aliphatic heterocycles. The van der Waals surface area contributed by atoms with Crippen LogP contribution in [-0.4, -0.2) is 53.4 Å². The lowest BCUT2D eigenvalue weighted by Crippen LogP contribution is -2.50. The Labute approximate surface area is 133 Å². The first-order valence-corrected chi connectivity index (χ1v) is 8.14. The van der Waals surface area contributed by atoms with E-state index in [1.165, 1.54) is 0 Å². The summed E-state index contributed by atoms with van der Waals surface area (Å²) in [5.41, 5.74) is 5.56. The third kappa shape index (κ3) is 3.23. The van der Waals surface area contributed by atoms with E-state index in [0.29, 0.717) is 11.5 Å². The standard InChI is InChI=1S/C15H17N3OS2/c16-14(20)10-17-5-7-18(8-6-17)15(19)13-9-11-3-1-2-4-12(11)21-13/h1-4,9H,5-8,10H2,(H2,16,20). The van der Waals surface area contributed by atoms with Gasteiger partial charge in [0.05, 0.1) is 9.87 Å². The summed E-state index contributed by atoms with van der Waals surface area (Å²) >= 11 is 6.49. The van der Waals surface area contributed by atoms with E-state index in [9.17, 15) is 4.79 Å². The lowest BCUT2D eigenvalue weighted by molar-refractivity contribution is 0.0659. The Bertz CT molecular complexity index is 641. The van der Waals surface area contributed by atoms with E-state index >= 15 is 0 Å². The minimum Gasteiger partial charge on any atom is -0.392 e. The van der Waals surface area contributed by atoms with Crippen LogP contribution in [0.5, 0.6) is 0 Å². The van der Waals surface area contributed by atoms with E-state index < -0.39 is 0 Å². The molecule has 21 heavy (non-hydrogen) atoms. The second-order valence-electron chi connectivity index (χ2n) is 5.18. The first kappa shape index (κ1) is 14.4. The van der Waals surface area contributed by atoms with E-state index in [1.54, 1.807) is 11.3 Å². The second-order valence-corrected chi connectivity index (χ2v) is 6.79. The molecule has 0 radical (unpaired) electrons. The van der Waals surface area contributed by atoms with Gasteiger partial charge in [0.1, 0.15) is 0 Å². The summed E-state index contributed by atoms with van der Waals surface area (Å²) in [6, 6.07) is 10.1. The monoisotopic (exact) mass is 319 g/mol. The minimum atomic E-state index is 0.131. The highest BCUT2D eigenvalue weighted by atomic mass is 32.1. The van der Waals surface area contributed by atoms with Crippen molar-refractivity contribution in [2.45, 2.75) is 0 Å². The van der Waals surface area contributed by atoms with Crippen molar-refractivity contribution in [3.05, 3.63) is 35.2 Å². The van der Waals surface area contributed by atoms with Crippen LogP contribution in [0.15, 0.2) is 30.3 Å². The summed E-state index contributed by atoms with van der Waals surface area (Å²) in [4.78, 5) is 18.0. The van der Waals surface area contributed by atoms with E-state index in [2.05, 4.69) is 11.0 Å². The molecule has 1 amide bonds. The lowest BCUT2D eigenvalue weighted by Gasteiger charge is -2.34. The zero-order valence-electron chi connectivity index (χ0n) is 11.6. The predicted molar refractivity (Wildman–Crippen MR) is 91.0 cm³/mol. The smallest absolute Gasteiger partial charge is 0.264 e. The van der Waals surface area contributed by atoms with E-state index in [0.717, 1.165) is 41.1 Å². The third-order valence-corrected chi connectivity index (χ3v) is 4.91. The van der Waals surface area contributed by atoms with Crippen molar-refractivity contribution in [3.63, 3.8) is 0 Å². The Hall–Kier alpha value is -1.50. The van der Waals surface area contributed by atoms with Gasteiger partial charge in [-0.25, -0.2) is 0 Å². The fourth-order valence-corrected chi connectivity index (χ4v) is 3.79. The average molecular weight is 319 g/mol. The topological polar surface area (TPSA) is 49.6 Å². The summed E-state index contributed by atoms with van der Waals surface area (Å²) in [5, 5.41) is 1.14. The van der Waals surface area contributed by atoms with Gasteiger partial charge in [-0.2, -0.15) is 0 Å². The van der Waals surface area contributed by atoms with Gasteiger partial charge in [0.25, 0.3) is 5.91 Å². The van der Waals surface area contributed by atoms with Crippen LogP contribution in [0.25, 0.3) is 10.1 Å². The maximum absolute atomic E-state index is 12.6. The van der Waals surface area contributed by atoms with Crippen LogP contribution in [0.1, 0.15) is 9.67 Å². The minimum absolute atomic E-state index is 0.131. The molecule has 4 nitrogen and oxygen atoms in total. The van der Waals surface area contributed by atoms with E-state index in [1.807, 2.05) is 29.2 Å². The van der Waals surface area contributed by atoms with Crippen LogP contribution in [0.2, 0.25) is 0 Å². The van der Waals surface area contributed by atoms with Crippen LogP contribution >= 0.6 is 23.6 Å². The molecule has 0 spiro atoms. The first-order valence-electron chi connectivity index (χ1n) is 6.92. The highest BCUT2D eigenvalue weighted by Crippen LogP contribution is 2.26. The molecule has 0 atom stereocenters. The summed E-state index contributed by atoms with van der Waals surface area (Å²) in [5.74, 6) is 0.131. The predicted octanol–water partition coefficient (Wildman–Crippen LogP) is 1.95. The van der Waals surface area contributed by atoms with Crippen molar-refractivity contribution in [3.8, 4) is 0 Å². The molecule has 2 aromatic rings. The van der Waals surface area contributed by atoms with Gasteiger partial charge in [-0.05, 0) is 17.5 Å². The van der Waals surface area contributed by atoms with Crippen LogP contribution < -0.4 is 5.73 Å². The van der Waals surface area contributed by atoms with E-state index in [4.69, 9.17) is 18.0 Å². The highest BCUT2D eigenvalue weighted by molar-refractivity contribution is 7.80. The van der Waals surface area contributed by atoms with Gasteiger partial charge in [-0.1, -0.05) is 30.4 Å². The Morgan fingerprint density at radius 1 is 1.24 bits per heavy atom. The maximum Gasteiger partial charge on any atom is 0.264 e. The van der Waals surface area contributed by atoms with Crippen molar-refractivity contribution in [2.24, 2.45) is 5.73 Å². The molecule has 2 heterocycles. The summed E-state index contributed by atoms with van der Waals surface area (Å²) in [6.45, 7) is 3.76. The average Bonchev–Trinajstić information content (AvgIpc) is 2.90. The number of fused-ring (bicyclic) bond motifs is 1.